The molecule has 0 heterocycles. The van der Waals surface area contributed by atoms with Crippen LogP contribution in [0, 0.1) is 0 Å². The van der Waals surface area contributed by atoms with Crippen LogP contribution in [0.3, 0.4) is 0 Å². The fourth-order valence-electron chi connectivity index (χ4n) is 0.873. The largest absolute Gasteiger partial charge is 0.465 e. The quantitative estimate of drug-likeness (QED) is 0.505. The maximum absolute atomic E-state index is 11.0. The molecule has 0 radical (unpaired) electrons. The lowest BCUT2D eigenvalue weighted by Gasteiger charge is -2.06. The number of unbranched alkanes of at least 4 members (excludes halogenated alkanes) is 1. The first-order valence-electron chi connectivity index (χ1n) is 4.79. The average Bonchev–Trinajstić information content (AvgIpc) is 2.12. The molecule has 1 atom stereocenters. The smallest absolute Gasteiger partial charge is 0.323 e. The summed E-state index contributed by atoms with van der Waals surface area (Å²) in [6, 6.07) is -0.506. The van der Waals surface area contributed by atoms with Crippen LogP contribution in [0.2, 0.25) is 0 Å². The standard InChI is InChI=1S/C10H19NO2/c1-3-5-6-7-8-9(11)10(12)13-4-2/h6-7,9H,3-5,8,11H2,1-2H3/b7-6+. The predicted octanol–water partition coefficient (Wildman–Crippen LogP) is 1.62. The molecule has 0 aromatic heterocycles. The molecule has 0 aliphatic carbocycles. The minimum Gasteiger partial charge on any atom is -0.465 e. The number of hydrogen-bond donors (Lipinski definition) is 1. The van der Waals surface area contributed by atoms with Gasteiger partial charge in [0.2, 0.25) is 0 Å². The molecular formula is C10H19NO2. The number of carbonyl (C=O) groups excluding carboxylic acids is 1. The van der Waals surface area contributed by atoms with Crippen LogP contribution >= 0.6 is 0 Å². The van der Waals surface area contributed by atoms with Gasteiger partial charge in [-0.3, -0.25) is 4.79 Å². The molecule has 1 unspecified atom stereocenters. The summed E-state index contributed by atoms with van der Waals surface area (Å²) in [6.07, 6.45) is 6.70. The topological polar surface area (TPSA) is 52.3 Å². The van der Waals surface area contributed by atoms with E-state index in [0.29, 0.717) is 13.0 Å². The van der Waals surface area contributed by atoms with E-state index in [2.05, 4.69) is 6.92 Å². The van der Waals surface area contributed by atoms with Crippen molar-refractivity contribution >= 4 is 5.97 Å². The van der Waals surface area contributed by atoms with Crippen molar-refractivity contribution in [1.29, 1.82) is 0 Å². The van der Waals surface area contributed by atoms with Gasteiger partial charge in [-0.1, -0.05) is 25.5 Å². The molecular weight excluding hydrogens is 166 g/mol. The second-order valence-corrected chi connectivity index (χ2v) is 2.85. The lowest BCUT2D eigenvalue weighted by molar-refractivity contribution is -0.144. The number of rotatable bonds is 6. The molecule has 0 saturated heterocycles. The Bertz CT molecular complexity index is 166. The fourth-order valence-corrected chi connectivity index (χ4v) is 0.873. The highest BCUT2D eigenvalue weighted by atomic mass is 16.5. The number of carbonyl (C=O) groups is 1. The number of allylic oxidation sites excluding steroid dienone is 1. The van der Waals surface area contributed by atoms with Crippen molar-refractivity contribution in [2.45, 2.75) is 39.2 Å². The van der Waals surface area contributed by atoms with Crippen molar-refractivity contribution in [3.8, 4) is 0 Å². The minimum atomic E-state index is -0.506. The number of ether oxygens (including phenoxy) is 1. The maximum atomic E-state index is 11.0. The van der Waals surface area contributed by atoms with Crippen molar-refractivity contribution in [2.75, 3.05) is 6.61 Å². The van der Waals surface area contributed by atoms with Gasteiger partial charge in [-0.25, -0.2) is 0 Å². The zero-order valence-corrected chi connectivity index (χ0v) is 8.45. The highest BCUT2D eigenvalue weighted by molar-refractivity contribution is 5.75. The summed E-state index contributed by atoms with van der Waals surface area (Å²) >= 11 is 0. The molecule has 0 spiro atoms. The van der Waals surface area contributed by atoms with E-state index in [1.807, 2.05) is 12.2 Å². The van der Waals surface area contributed by atoms with Crippen molar-refractivity contribution in [3.63, 3.8) is 0 Å². The molecule has 13 heavy (non-hydrogen) atoms. The zero-order valence-electron chi connectivity index (χ0n) is 8.45. The molecule has 0 aromatic carbocycles. The van der Waals surface area contributed by atoms with Gasteiger partial charge in [0.25, 0.3) is 0 Å². The van der Waals surface area contributed by atoms with E-state index in [1.165, 1.54) is 0 Å². The van der Waals surface area contributed by atoms with Crippen LogP contribution in [0.1, 0.15) is 33.1 Å². The van der Waals surface area contributed by atoms with E-state index < -0.39 is 6.04 Å². The van der Waals surface area contributed by atoms with Gasteiger partial charge >= 0.3 is 5.97 Å². The van der Waals surface area contributed by atoms with Crippen molar-refractivity contribution in [3.05, 3.63) is 12.2 Å². The van der Waals surface area contributed by atoms with Gasteiger partial charge in [-0.2, -0.15) is 0 Å². The Balaban J connectivity index is 3.60. The van der Waals surface area contributed by atoms with Crippen LogP contribution in [-0.4, -0.2) is 18.6 Å². The second-order valence-electron chi connectivity index (χ2n) is 2.85. The van der Waals surface area contributed by atoms with E-state index in [9.17, 15) is 4.79 Å². The first kappa shape index (κ1) is 12.2. The van der Waals surface area contributed by atoms with Crippen LogP contribution in [0.4, 0.5) is 0 Å². The summed E-state index contributed by atoms with van der Waals surface area (Å²) in [5.74, 6) is -0.316. The Morgan fingerprint density at radius 1 is 1.46 bits per heavy atom. The second kappa shape index (κ2) is 7.80. The van der Waals surface area contributed by atoms with Gasteiger partial charge in [-0.05, 0) is 19.8 Å². The summed E-state index contributed by atoms with van der Waals surface area (Å²) in [7, 11) is 0. The number of hydrogen-bond acceptors (Lipinski definition) is 3. The summed E-state index contributed by atoms with van der Waals surface area (Å²) in [6.45, 7) is 4.28. The van der Waals surface area contributed by atoms with Crippen LogP contribution in [-0.2, 0) is 9.53 Å². The van der Waals surface area contributed by atoms with E-state index in [0.717, 1.165) is 12.8 Å². The predicted molar refractivity (Wildman–Crippen MR) is 53.3 cm³/mol. The highest BCUT2D eigenvalue weighted by Gasteiger charge is 2.11. The Labute approximate surface area is 79.9 Å². The molecule has 3 heteroatoms. The summed E-state index contributed by atoms with van der Waals surface area (Å²) in [5.41, 5.74) is 5.56. The molecule has 0 amide bonds. The van der Waals surface area contributed by atoms with Crippen LogP contribution < -0.4 is 5.73 Å². The third kappa shape index (κ3) is 6.34. The Morgan fingerprint density at radius 3 is 2.69 bits per heavy atom. The fraction of sp³-hybridized carbons (Fsp3) is 0.700. The van der Waals surface area contributed by atoms with E-state index in [-0.39, 0.29) is 5.97 Å². The third-order valence-electron chi connectivity index (χ3n) is 1.60. The Hall–Kier alpha value is -0.830. The van der Waals surface area contributed by atoms with Crippen molar-refractivity contribution in [2.24, 2.45) is 5.73 Å². The van der Waals surface area contributed by atoms with Crippen molar-refractivity contribution in [1.82, 2.24) is 0 Å². The molecule has 0 rings (SSSR count). The molecule has 3 nitrogen and oxygen atoms in total. The molecule has 0 aromatic rings. The van der Waals surface area contributed by atoms with E-state index in [1.54, 1.807) is 6.92 Å². The third-order valence-corrected chi connectivity index (χ3v) is 1.60. The Morgan fingerprint density at radius 2 is 2.15 bits per heavy atom. The zero-order chi connectivity index (χ0) is 10.1. The van der Waals surface area contributed by atoms with Gasteiger partial charge in [0.15, 0.2) is 0 Å². The van der Waals surface area contributed by atoms with Gasteiger partial charge in [0.05, 0.1) is 6.61 Å². The van der Waals surface area contributed by atoms with Crippen molar-refractivity contribution < 1.29 is 9.53 Å². The average molecular weight is 185 g/mol. The van der Waals surface area contributed by atoms with E-state index in [4.69, 9.17) is 10.5 Å². The monoisotopic (exact) mass is 185 g/mol. The van der Waals surface area contributed by atoms with Gasteiger partial charge < -0.3 is 10.5 Å². The van der Waals surface area contributed by atoms with Gasteiger partial charge in [0.1, 0.15) is 6.04 Å². The lowest BCUT2D eigenvalue weighted by Crippen LogP contribution is -2.31. The van der Waals surface area contributed by atoms with E-state index >= 15 is 0 Å². The number of nitrogens with two attached hydrogens (primary N) is 1. The molecule has 76 valence electrons. The summed E-state index contributed by atoms with van der Waals surface area (Å²) in [4.78, 5) is 11.0. The van der Waals surface area contributed by atoms with Crippen LogP contribution in [0.15, 0.2) is 12.2 Å². The molecule has 0 fully saturated rings. The SMILES string of the molecule is CCC/C=C/CC(N)C(=O)OCC. The van der Waals surface area contributed by atoms with Gasteiger partial charge in [0, 0.05) is 0 Å². The lowest BCUT2D eigenvalue weighted by atomic mass is 10.2. The number of esters is 1. The normalized spacial score (nSPS) is 13.2. The van der Waals surface area contributed by atoms with Gasteiger partial charge in [-0.15, -0.1) is 0 Å². The first-order chi connectivity index (χ1) is 6.22. The van der Waals surface area contributed by atoms with Crippen LogP contribution in [0.25, 0.3) is 0 Å². The molecule has 0 saturated carbocycles. The highest BCUT2D eigenvalue weighted by Crippen LogP contribution is 1.96. The molecule has 0 aliphatic heterocycles. The summed E-state index contributed by atoms with van der Waals surface area (Å²) in [5, 5.41) is 0. The minimum absolute atomic E-state index is 0.316. The Kier molecular flexibility index (Phi) is 7.30. The molecule has 2 N–H and O–H groups in total. The first-order valence-corrected chi connectivity index (χ1v) is 4.79. The molecule has 0 aliphatic rings. The molecule has 0 bridgehead atoms. The maximum Gasteiger partial charge on any atom is 0.323 e. The summed E-state index contributed by atoms with van der Waals surface area (Å²) < 4.78 is 4.76. The van der Waals surface area contributed by atoms with Crippen LogP contribution in [0.5, 0.6) is 0 Å².